The number of carbonyl (C=O) groups excluding carboxylic acids is 1. The molecule has 3 rings (SSSR count). The molecule has 0 unspecified atom stereocenters. The van der Waals surface area contributed by atoms with Crippen molar-refractivity contribution in [1.82, 2.24) is 4.98 Å². The number of halogens is 2. The first-order chi connectivity index (χ1) is 13.8. The van der Waals surface area contributed by atoms with Crippen LogP contribution in [0.3, 0.4) is 0 Å². The number of carbonyl (C=O) groups is 1. The first kappa shape index (κ1) is 20.8. The number of hydrogen-bond donors (Lipinski definition) is 1. The van der Waals surface area contributed by atoms with E-state index < -0.39 is 28.3 Å². The standard InChI is InChI=1S/C20H17ClFN3O3S/c1-14-4-5-15(21)11-19(14)24-20(26)13-25(17-8-6-16(22)7-9-17)29(27,28)18-3-2-10-23-12-18/h2-12H,13H2,1H3,(H,24,26). The summed E-state index contributed by atoms with van der Waals surface area (Å²) in [5.74, 6) is -1.10. The molecule has 0 radical (unpaired) electrons. The van der Waals surface area contributed by atoms with E-state index in [0.29, 0.717) is 10.7 Å². The van der Waals surface area contributed by atoms with Crippen molar-refractivity contribution >= 4 is 38.9 Å². The van der Waals surface area contributed by atoms with E-state index in [2.05, 4.69) is 10.3 Å². The Morgan fingerprint density at radius 3 is 2.55 bits per heavy atom. The first-order valence-corrected chi connectivity index (χ1v) is 10.3. The average molecular weight is 434 g/mol. The van der Waals surface area contributed by atoms with Crippen LogP contribution in [0.1, 0.15) is 5.56 Å². The van der Waals surface area contributed by atoms with Crippen LogP contribution in [0.2, 0.25) is 5.02 Å². The maximum absolute atomic E-state index is 13.3. The number of benzene rings is 2. The van der Waals surface area contributed by atoms with Gasteiger partial charge in [-0.2, -0.15) is 0 Å². The van der Waals surface area contributed by atoms with Crippen molar-refractivity contribution in [3.63, 3.8) is 0 Å². The highest BCUT2D eigenvalue weighted by atomic mass is 35.5. The molecule has 0 spiro atoms. The molecule has 0 fully saturated rings. The molecule has 150 valence electrons. The van der Waals surface area contributed by atoms with Gasteiger partial charge in [-0.25, -0.2) is 12.8 Å². The van der Waals surface area contributed by atoms with Crippen molar-refractivity contribution in [2.45, 2.75) is 11.8 Å². The number of rotatable bonds is 6. The topological polar surface area (TPSA) is 79.4 Å². The van der Waals surface area contributed by atoms with Crippen molar-refractivity contribution in [2.24, 2.45) is 0 Å². The van der Waals surface area contributed by atoms with Gasteiger partial charge in [-0.05, 0) is 61.0 Å². The van der Waals surface area contributed by atoms with Crippen LogP contribution in [0, 0.1) is 12.7 Å². The highest BCUT2D eigenvalue weighted by molar-refractivity contribution is 7.92. The fraction of sp³-hybridized carbons (Fsp3) is 0.100. The summed E-state index contributed by atoms with van der Waals surface area (Å²) < 4.78 is 40.5. The van der Waals surface area contributed by atoms with Gasteiger partial charge in [0, 0.05) is 23.1 Å². The number of anilines is 2. The maximum Gasteiger partial charge on any atom is 0.266 e. The van der Waals surface area contributed by atoms with Crippen LogP contribution in [-0.4, -0.2) is 25.9 Å². The highest BCUT2D eigenvalue weighted by Gasteiger charge is 2.27. The number of nitrogens with zero attached hydrogens (tertiary/aromatic N) is 2. The minimum Gasteiger partial charge on any atom is -0.324 e. The minimum absolute atomic E-state index is 0.0870. The second kappa shape index (κ2) is 8.59. The van der Waals surface area contributed by atoms with Gasteiger partial charge in [0.2, 0.25) is 5.91 Å². The Kier molecular flexibility index (Phi) is 6.14. The molecule has 0 saturated heterocycles. The first-order valence-electron chi connectivity index (χ1n) is 8.52. The monoisotopic (exact) mass is 433 g/mol. The van der Waals surface area contributed by atoms with Gasteiger partial charge in [0.25, 0.3) is 10.0 Å². The molecule has 1 aromatic heterocycles. The number of sulfonamides is 1. The smallest absolute Gasteiger partial charge is 0.266 e. The lowest BCUT2D eigenvalue weighted by atomic mass is 10.2. The minimum atomic E-state index is -4.11. The molecule has 6 nitrogen and oxygen atoms in total. The predicted octanol–water partition coefficient (Wildman–Crippen LogP) is 4.02. The SMILES string of the molecule is Cc1ccc(Cl)cc1NC(=O)CN(c1ccc(F)cc1)S(=O)(=O)c1cccnc1. The van der Waals surface area contributed by atoms with Gasteiger partial charge < -0.3 is 5.32 Å². The Morgan fingerprint density at radius 1 is 1.17 bits per heavy atom. The molecule has 0 bridgehead atoms. The fourth-order valence-electron chi connectivity index (χ4n) is 2.60. The van der Waals surface area contributed by atoms with E-state index in [0.717, 1.165) is 22.0 Å². The van der Waals surface area contributed by atoms with Crippen LogP contribution in [0.5, 0.6) is 0 Å². The van der Waals surface area contributed by atoms with Crippen LogP contribution in [0.4, 0.5) is 15.8 Å². The van der Waals surface area contributed by atoms with E-state index in [1.54, 1.807) is 25.1 Å². The summed E-state index contributed by atoms with van der Waals surface area (Å²) in [5.41, 5.74) is 1.39. The van der Waals surface area contributed by atoms with E-state index in [1.807, 2.05) is 0 Å². The second-order valence-corrected chi connectivity index (χ2v) is 8.48. The van der Waals surface area contributed by atoms with Gasteiger partial charge >= 0.3 is 0 Å². The molecule has 0 saturated carbocycles. The summed E-state index contributed by atoms with van der Waals surface area (Å²) in [6.07, 6.45) is 2.63. The van der Waals surface area contributed by atoms with Crippen LogP contribution in [0.25, 0.3) is 0 Å². The zero-order valence-corrected chi connectivity index (χ0v) is 16.9. The Bertz CT molecular complexity index is 1120. The number of aromatic nitrogens is 1. The molecule has 0 aliphatic carbocycles. The largest absolute Gasteiger partial charge is 0.324 e. The molecule has 0 atom stereocenters. The van der Waals surface area contributed by atoms with Crippen molar-refractivity contribution < 1.29 is 17.6 Å². The zero-order chi connectivity index (χ0) is 21.0. The lowest BCUT2D eigenvalue weighted by Gasteiger charge is -2.24. The molecule has 9 heteroatoms. The van der Waals surface area contributed by atoms with Gasteiger partial charge in [-0.1, -0.05) is 17.7 Å². The Hall–Kier alpha value is -2.97. The van der Waals surface area contributed by atoms with Crippen molar-refractivity contribution in [3.05, 3.63) is 83.4 Å². The number of hydrogen-bond acceptors (Lipinski definition) is 4. The number of aryl methyl sites for hydroxylation is 1. The molecular formula is C20H17ClFN3O3S. The fourth-order valence-corrected chi connectivity index (χ4v) is 4.16. The number of nitrogens with one attached hydrogen (secondary N) is 1. The van der Waals surface area contributed by atoms with Crippen LogP contribution in [-0.2, 0) is 14.8 Å². The number of amides is 1. The Balaban J connectivity index is 1.94. The zero-order valence-electron chi connectivity index (χ0n) is 15.3. The molecule has 3 aromatic rings. The van der Waals surface area contributed by atoms with E-state index >= 15 is 0 Å². The second-order valence-electron chi connectivity index (χ2n) is 6.18. The molecule has 29 heavy (non-hydrogen) atoms. The normalized spacial score (nSPS) is 11.1. The summed E-state index contributed by atoms with van der Waals surface area (Å²) >= 11 is 5.97. The van der Waals surface area contributed by atoms with Crippen molar-refractivity contribution in [2.75, 3.05) is 16.2 Å². The summed E-state index contributed by atoms with van der Waals surface area (Å²) in [7, 11) is -4.11. The predicted molar refractivity (Wildman–Crippen MR) is 110 cm³/mol. The van der Waals surface area contributed by atoms with E-state index in [9.17, 15) is 17.6 Å². The molecule has 2 aromatic carbocycles. The van der Waals surface area contributed by atoms with Crippen LogP contribution < -0.4 is 9.62 Å². The Morgan fingerprint density at radius 2 is 1.90 bits per heavy atom. The third-order valence-corrected chi connectivity index (χ3v) is 6.09. The third-order valence-electron chi connectivity index (χ3n) is 4.10. The lowest BCUT2D eigenvalue weighted by molar-refractivity contribution is -0.114. The summed E-state index contributed by atoms with van der Waals surface area (Å²) in [4.78, 5) is 16.4. The summed E-state index contributed by atoms with van der Waals surface area (Å²) in [6, 6.07) is 12.7. The van der Waals surface area contributed by atoms with Crippen molar-refractivity contribution in [3.8, 4) is 0 Å². The average Bonchev–Trinajstić information content (AvgIpc) is 2.70. The third kappa shape index (κ3) is 4.90. The molecule has 0 aliphatic rings. The highest BCUT2D eigenvalue weighted by Crippen LogP contribution is 2.24. The lowest BCUT2D eigenvalue weighted by Crippen LogP contribution is -2.38. The van der Waals surface area contributed by atoms with Crippen LogP contribution >= 0.6 is 11.6 Å². The Labute approximate surface area is 173 Å². The molecule has 0 aliphatic heterocycles. The van der Waals surface area contributed by atoms with E-state index in [-0.39, 0.29) is 10.6 Å². The van der Waals surface area contributed by atoms with Crippen LogP contribution in [0.15, 0.2) is 71.9 Å². The van der Waals surface area contributed by atoms with Gasteiger partial charge in [-0.3, -0.25) is 14.1 Å². The summed E-state index contributed by atoms with van der Waals surface area (Å²) in [5, 5.41) is 3.10. The van der Waals surface area contributed by atoms with E-state index in [4.69, 9.17) is 11.6 Å². The van der Waals surface area contributed by atoms with Gasteiger partial charge in [0.05, 0.1) is 5.69 Å². The van der Waals surface area contributed by atoms with E-state index in [1.165, 1.54) is 36.7 Å². The maximum atomic E-state index is 13.3. The number of pyridine rings is 1. The molecule has 1 heterocycles. The molecule has 1 N–H and O–H groups in total. The van der Waals surface area contributed by atoms with Gasteiger partial charge in [-0.15, -0.1) is 0 Å². The molecular weight excluding hydrogens is 417 g/mol. The van der Waals surface area contributed by atoms with Gasteiger partial charge in [0.15, 0.2) is 0 Å². The summed E-state index contributed by atoms with van der Waals surface area (Å²) in [6.45, 7) is 1.27. The van der Waals surface area contributed by atoms with Gasteiger partial charge in [0.1, 0.15) is 17.3 Å². The van der Waals surface area contributed by atoms with Crippen molar-refractivity contribution in [1.29, 1.82) is 0 Å². The quantitative estimate of drug-likeness (QED) is 0.636. The molecule has 1 amide bonds.